The number of rotatable bonds is 2. The molecule has 0 aliphatic carbocycles. The van der Waals surface area contributed by atoms with E-state index in [9.17, 15) is 14.2 Å². The number of hydrogen-bond acceptors (Lipinski definition) is 3. The molecule has 9 heteroatoms. The zero-order valence-electron chi connectivity index (χ0n) is 8.83. The summed E-state index contributed by atoms with van der Waals surface area (Å²) in [6.07, 6.45) is -0.508. The van der Waals surface area contributed by atoms with Gasteiger partial charge in [-0.25, -0.2) is 3.59 Å². The number of para-hydroxylation sites is 1. The van der Waals surface area contributed by atoms with Gasteiger partial charge in [-0.15, -0.1) is 0 Å². The maximum absolute atomic E-state index is 11.4. The third kappa shape index (κ3) is 2.46. The van der Waals surface area contributed by atoms with Gasteiger partial charge in [-0.2, -0.15) is 0 Å². The van der Waals surface area contributed by atoms with Gasteiger partial charge in [0.05, 0.1) is 33.3 Å². The highest BCUT2D eigenvalue weighted by atomic mass is 79.9. The fourth-order valence-electron chi connectivity index (χ4n) is 1.61. The lowest BCUT2D eigenvalue weighted by Crippen LogP contribution is -2.32. The minimum Gasteiger partial charge on any atom is -0.324 e. The standard InChI is InChI=1S/C9H8BrN2O5P/c10-12-6-3-1-2-5(4-18(15,16)17)7(6)11-8(13)9(12)14/h1-3H,4H2,(H,11,13)(H2,15,16,17). The number of H-pyrrole nitrogens is 1. The molecule has 0 aliphatic heterocycles. The van der Waals surface area contributed by atoms with Gasteiger partial charge in [-0.05, 0) is 11.6 Å². The molecule has 96 valence electrons. The molecule has 0 radical (unpaired) electrons. The fourth-order valence-corrected chi connectivity index (χ4v) is 2.78. The molecule has 1 aromatic carbocycles. The quantitative estimate of drug-likeness (QED) is 0.547. The summed E-state index contributed by atoms with van der Waals surface area (Å²) in [5.41, 5.74) is -0.827. The number of aromatic amines is 1. The van der Waals surface area contributed by atoms with Crippen LogP contribution in [0.1, 0.15) is 5.56 Å². The van der Waals surface area contributed by atoms with E-state index in [1.54, 1.807) is 12.1 Å². The summed E-state index contributed by atoms with van der Waals surface area (Å²) in [6.45, 7) is 0. The Labute approximate surface area is 109 Å². The summed E-state index contributed by atoms with van der Waals surface area (Å²) < 4.78 is 12.0. The molecule has 18 heavy (non-hydrogen) atoms. The number of nitrogens with one attached hydrogen (secondary N) is 1. The predicted octanol–water partition coefficient (Wildman–Crippen LogP) is 0.525. The van der Waals surface area contributed by atoms with Crippen LogP contribution in [-0.4, -0.2) is 18.4 Å². The van der Waals surface area contributed by atoms with Crippen LogP contribution in [0, 0.1) is 0 Å². The Morgan fingerprint density at radius 1 is 1.33 bits per heavy atom. The molecule has 0 aliphatic rings. The number of aromatic nitrogens is 2. The first-order chi connectivity index (χ1) is 8.29. The third-order valence-electron chi connectivity index (χ3n) is 2.33. The fraction of sp³-hybridized carbons (Fsp3) is 0.111. The average Bonchev–Trinajstić information content (AvgIpc) is 2.25. The summed E-state index contributed by atoms with van der Waals surface area (Å²) in [7, 11) is -4.26. The predicted molar refractivity (Wildman–Crippen MR) is 68.9 cm³/mol. The number of hydrogen-bond donors (Lipinski definition) is 3. The lowest BCUT2D eigenvalue weighted by molar-refractivity contribution is 0.372. The van der Waals surface area contributed by atoms with E-state index < -0.39 is 24.9 Å². The van der Waals surface area contributed by atoms with Crippen LogP contribution in [-0.2, 0) is 10.7 Å². The van der Waals surface area contributed by atoms with E-state index in [4.69, 9.17) is 9.79 Å². The molecule has 0 spiro atoms. The van der Waals surface area contributed by atoms with Crippen molar-refractivity contribution in [3.8, 4) is 0 Å². The lowest BCUT2D eigenvalue weighted by atomic mass is 10.2. The first-order valence-electron chi connectivity index (χ1n) is 4.77. The van der Waals surface area contributed by atoms with E-state index >= 15 is 0 Å². The first kappa shape index (κ1) is 13.2. The molecule has 1 aromatic heterocycles. The molecular weight excluding hydrogens is 327 g/mol. The van der Waals surface area contributed by atoms with Crippen molar-refractivity contribution in [2.45, 2.75) is 6.16 Å². The topological polar surface area (TPSA) is 112 Å². The van der Waals surface area contributed by atoms with E-state index in [2.05, 4.69) is 21.1 Å². The van der Waals surface area contributed by atoms with E-state index in [0.29, 0.717) is 5.52 Å². The van der Waals surface area contributed by atoms with Crippen LogP contribution >= 0.6 is 23.7 Å². The molecule has 0 unspecified atom stereocenters. The number of nitrogens with zero attached hydrogens (tertiary/aromatic N) is 1. The van der Waals surface area contributed by atoms with Crippen molar-refractivity contribution in [2.75, 3.05) is 0 Å². The minimum atomic E-state index is -4.26. The second-order valence-corrected chi connectivity index (χ2v) is 6.03. The Hall–Kier alpha value is -1.21. The van der Waals surface area contributed by atoms with Crippen molar-refractivity contribution in [1.82, 2.24) is 8.58 Å². The summed E-state index contributed by atoms with van der Waals surface area (Å²) >= 11 is 2.94. The van der Waals surface area contributed by atoms with Crippen molar-refractivity contribution in [1.29, 1.82) is 0 Å². The highest BCUT2D eigenvalue weighted by Crippen LogP contribution is 2.40. The van der Waals surface area contributed by atoms with Crippen LogP contribution in [0.5, 0.6) is 0 Å². The largest absolute Gasteiger partial charge is 0.329 e. The lowest BCUT2D eigenvalue weighted by Gasteiger charge is -2.08. The summed E-state index contributed by atoms with van der Waals surface area (Å²) in [5.74, 6) is 0. The Morgan fingerprint density at radius 3 is 2.61 bits per heavy atom. The van der Waals surface area contributed by atoms with E-state index in [-0.39, 0.29) is 11.1 Å². The van der Waals surface area contributed by atoms with E-state index in [1.807, 2.05) is 0 Å². The van der Waals surface area contributed by atoms with Gasteiger partial charge in [0.15, 0.2) is 0 Å². The van der Waals surface area contributed by atoms with Crippen molar-refractivity contribution >= 4 is 34.8 Å². The molecular formula is C9H8BrN2O5P. The van der Waals surface area contributed by atoms with Crippen molar-refractivity contribution < 1.29 is 14.4 Å². The van der Waals surface area contributed by atoms with Gasteiger partial charge in [-0.1, -0.05) is 12.1 Å². The molecule has 2 aromatic rings. The molecule has 0 fully saturated rings. The molecule has 2 rings (SSSR count). The summed E-state index contributed by atoms with van der Waals surface area (Å²) in [4.78, 5) is 43.0. The van der Waals surface area contributed by atoms with Crippen LogP contribution in [0.4, 0.5) is 0 Å². The zero-order chi connectivity index (χ0) is 13.5. The minimum absolute atomic E-state index is 0.224. The first-order valence-corrected chi connectivity index (χ1v) is 7.28. The Kier molecular flexibility index (Phi) is 3.29. The highest BCUT2D eigenvalue weighted by molar-refractivity contribution is 9.08. The van der Waals surface area contributed by atoms with E-state index in [1.165, 1.54) is 6.07 Å². The molecule has 0 saturated heterocycles. The molecule has 0 amide bonds. The second-order valence-electron chi connectivity index (χ2n) is 3.67. The van der Waals surface area contributed by atoms with Crippen molar-refractivity contribution in [2.24, 2.45) is 0 Å². The SMILES string of the molecule is O=c1[nH]c2c(CP(=O)(O)O)cccc2n(Br)c1=O. The van der Waals surface area contributed by atoms with Crippen LogP contribution in [0.15, 0.2) is 27.8 Å². The average molecular weight is 335 g/mol. The highest BCUT2D eigenvalue weighted by Gasteiger charge is 2.17. The summed E-state index contributed by atoms with van der Waals surface area (Å²) in [5, 5.41) is 0. The van der Waals surface area contributed by atoms with Crippen LogP contribution in [0.25, 0.3) is 11.0 Å². The van der Waals surface area contributed by atoms with E-state index in [0.717, 1.165) is 3.59 Å². The van der Waals surface area contributed by atoms with Gasteiger partial charge in [0, 0.05) is 0 Å². The van der Waals surface area contributed by atoms with Gasteiger partial charge in [0.25, 0.3) is 0 Å². The molecule has 3 N–H and O–H groups in total. The smallest absolute Gasteiger partial charge is 0.324 e. The monoisotopic (exact) mass is 334 g/mol. The number of fused-ring (bicyclic) bond motifs is 1. The molecule has 0 saturated carbocycles. The normalized spacial score (nSPS) is 11.9. The second kappa shape index (κ2) is 4.47. The number of benzene rings is 1. The molecule has 1 heterocycles. The Bertz CT molecular complexity index is 775. The maximum Gasteiger partial charge on any atom is 0.329 e. The van der Waals surface area contributed by atoms with Crippen LogP contribution in [0.2, 0.25) is 0 Å². The van der Waals surface area contributed by atoms with Gasteiger partial charge >= 0.3 is 18.7 Å². The maximum atomic E-state index is 11.4. The Morgan fingerprint density at radius 2 is 2.00 bits per heavy atom. The zero-order valence-corrected chi connectivity index (χ0v) is 11.3. The molecule has 0 bridgehead atoms. The number of halogens is 1. The van der Waals surface area contributed by atoms with Crippen molar-refractivity contribution in [3.05, 3.63) is 44.5 Å². The Balaban J connectivity index is 2.82. The van der Waals surface area contributed by atoms with Crippen LogP contribution in [0.3, 0.4) is 0 Å². The van der Waals surface area contributed by atoms with Gasteiger partial charge < -0.3 is 14.8 Å². The molecule has 7 nitrogen and oxygen atoms in total. The molecule has 0 atom stereocenters. The summed E-state index contributed by atoms with van der Waals surface area (Å²) in [6, 6.07) is 4.57. The van der Waals surface area contributed by atoms with Crippen LogP contribution < -0.4 is 11.1 Å². The third-order valence-corrected chi connectivity index (χ3v) is 3.78. The van der Waals surface area contributed by atoms with Gasteiger partial charge in [-0.3, -0.25) is 14.2 Å². The van der Waals surface area contributed by atoms with Crippen molar-refractivity contribution in [3.63, 3.8) is 0 Å². The van der Waals surface area contributed by atoms with Gasteiger partial charge in [0.2, 0.25) is 0 Å². The van der Waals surface area contributed by atoms with Gasteiger partial charge in [0.1, 0.15) is 0 Å².